The second kappa shape index (κ2) is 16.4. The standard InChI is InChI=1S/C21H42BrNO/c1-5-9-13-19(7-3)17-23(21(24)15-11-12-16-22)18-20(8-4)14-10-6-2/h19-20H,5-18H2,1-4H3. The number of carbonyl (C=O) groups excluding carboxylic acids is 1. The Kier molecular flexibility index (Phi) is 16.4. The van der Waals surface area contributed by atoms with E-state index in [-0.39, 0.29) is 0 Å². The van der Waals surface area contributed by atoms with Gasteiger partial charge in [-0.15, -0.1) is 0 Å². The molecule has 0 aliphatic carbocycles. The molecule has 0 radical (unpaired) electrons. The van der Waals surface area contributed by atoms with Gasteiger partial charge in [-0.3, -0.25) is 4.79 Å². The highest BCUT2D eigenvalue weighted by Gasteiger charge is 2.20. The van der Waals surface area contributed by atoms with Crippen LogP contribution >= 0.6 is 15.9 Å². The Labute approximate surface area is 160 Å². The largest absolute Gasteiger partial charge is 0.342 e. The van der Waals surface area contributed by atoms with E-state index in [0.29, 0.717) is 17.7 Å². The van der Waals surface area contributed by atoms with Crippen molar-refractivity contribution in [2.45, 2.75) is 98.3 Å². The molecule has 0 N–H and O–H groups in total. The van der Waals surface area contributed by atoms with Crippen molar-refractivity contribution >= 4 is 21.8 Å². The van der Waals surface area contributed by atoms with Gasteiger partial charge in [-0.05, 0) is 37.5 Å². The second-order valence-electron chi connectivity index (χ2n) is 7.28. The number of unbranched alkanes of at least 4 members (excludes halogenated alkanes) is 3. The van der Waals surface area contributed by atoms with Crippen LogP contribution in [0.15, 0.2) is 0 Å². The predicted octanol–water partition coefficient (Wildman–Crippen LogP) is 6.81. The molecule has 24 heavy (non-hydrogen) atoms. The lowest BCUT2D eigenvalue weighted by atomic mass is 9.95. The molecule has 0 heterocycles. The van der Waals surface area contributed by atoms with Crippen molar-refractivity contribution in [1.29, 1.82) is 0 Å². The zero-order valence-corrected chi connectivity index (χ0v) is 18.4. The Bertz CT molecular complexity index is 278. The Balaban J connectivity index is 4.74. The molecule has 0 rings (SSSR count). The van der Waals surface area contributed by atoms with E-state index in [1.807, 2.05) is 0 Å². The highest BCUT2D eigenvalue weighted by atomic mass is 79.9. The van der Waals surface area contributed by atoms with Crippen LogP contribution in [0.25, 0.3) is 0 Å². The lowest BCUT2D eigenvalue weighted by Crippen LogP contribution is -2.38. The van der Waals surface area contributed by atoms with Gasteiger partial charge in [0.25, 0.3) is 0 Å². The Morgan fingerprint density at radius 2 is 1.33 bits per heavy atom. The number of hydrogen-bond donors (Lipinski definition) is 0. The average molecular weight is 404 g/mol. The van der Waals surface area contributed by atoms with Crippen LogP contribution in [-0.2, 0) is 4.79 Å². The van der Waals surface area contributed by atoms with Crippen molar-refractivity contribution in [1.82, 2.24) is 4.90 Å². The van der Waals surface area contributed by atoms with Gasteiger partial charge in [-0.2, -0.15) is 0 Å². The molecule has 0 aromatic carbocycles. The van der Waals surface area contributed by atoms with E-state index in [2.05, 4.69) is 48.5 Å². The molecule has 0 aromatic heterocycles. The molecule has 2 unspecified atom stereocenters. The highest BCUT2D eigenvalue weighted by Crippen LogP contribution is 2.20. The minimum atomic E-state index is 0.390. The number of carbonyl (C=O) groups is 1. The van der Waals surface area contributed by atoms with Gasteiger partial charge in [0.2, 0.25) is 5.91 Å². The van der Waals surface area contributed by atoms with E-state index in [4.69, 9.17) is 0 Å². The normalized spacial score (nSPS) is 13.7. The van der Waals surface area contributed by atoms with Crippen molar-refractivity contribution in [3.05, 3.63) is 0 Å². The molecule has 2 nitrogen and oxygen atoms in total. The number of rotatable bonds is 16. The molecule has 0 spiro atoms. The third-order valence-corrected chi connectivity index (χ3v) is 5.73. The van der Waals surface area contributed by atoms with Gasteiger partial charge in [0.15, 0.2) is 0 Å². The molecular weight excluding hydrogens is 362 g/mol. The van der Waals surface area contributed by atoms with Crippen molar-refractivity contribution < 1.29 is 4.79 Å². The molecule has 0 saturated carbocycles. The zero-order chi connectivity index (χ0) is 18.2. The van der Waals surface area contributed by atoms with Gasteiger partial charge in [0.1, 0.15) is 0 Å². The molecule has 0 bridgehead atoms. The molecule has 0 aliphatic rings. The third kappa shape index (κ3) is 11.5. The van der Waals surface area contributed by atoms with E-state index >= 15 is 0 Å². The average Bonchev–Trinajstić information content (AvgIpc) is 2.60. The monoisotopic (exact) mass is 403 g/mol. The molecule has 0 saturated heterocycles. The van der Waals surface area contributed by atoms with Crippen molar-refractivity contribution in [2.75, 3.05) is 18.4 Å². The fourth-order valence-corrected chi connectivity index (χ4v) is 3.66. The summed E-state index contributed by atoms with van der Waals surface area (Å²) in [5.41, 5.74) is 0. The summed E-state index contributed by atoms with van der Waals surface area (Å²) in [6.45, 7) is 11.0. The number of halogens is 1. The summed E-state index contributed by atoms with van der Waals surface area (Å²) in [7, 11) is 0. The summed E-state index contributed by atoms with van der Waals surface area (Å²) < 4.78 is 0. The van der Waals surface area contributed by atoms with Gasteiger partial charge in [-0.25, -0.2) is 0 Å². The van der Waals surface area contributed by atoms with Crippen LogP contribution in [0, 0.1) is 11.8 Å². The minimum absolute atomic E-state index is 0.390. The fraction of sp³-hybridized carbons (Fsp3) is 0.952. The molecular formula is C21H42BrNO. The van der Waals surface area contributed by atoms with Gasteiger partial charge >= 0.3 is 0 Å². The number of amides is 1. The molecule has 2 atom stereocenters. The third-order valence-electron chi connectivity index (χ3n) is 5.17. The smallest absolute Gasteiger partial charge is 0.222 e. The molecule has 3 heteroatoms. The van der Waals surface area contributed by atoms with Gasteiger partial charge in [0, 0.05) is 24.8 Å². The van der Waals surface area contributed by atoms with E-state index in [9.17, 15) is 4.79 Å². The first-order chi connectivity index (χ1) is 11.6. The van der Waals surface area contributed by atoms with Crippen LogP contribution in [0.2, 0.25) is 0 Å². The molecule has 1 amide bonds. The minimum Gasteiger partial charge on any atom is -0.342 e. The summed E-state index contributed by atoms with van der Waals surface area (Å²) in [6.07, 6.45) is 12.8. The molecule has 144 valence electrons. The summed E-state index contributed by atoms with van der Waals surface area (Å²) in [6, 6.07) is 0. The van der Waals surface area contributed by atoms with E-state index in [1.54, 1.807) is 0 Å². The zero-order valence-electron chi connectivity index (χ0n) is 16.8. The SMILES string of the molecule is CCCCC(CC)CN(CC(CC)CCCC)C(=O)CCCCBr. The Morgan fingerprint density at radius 3 is 1.71 bits per heavy atom. The van der Waals surface area contributed by atoms with Crippen LogP contribution in [0.4, 0.5) is 0 Å². The van der Waals surface area contributed by atoms with E-state index in [1.165, 1.54) is 51.4 Å². The van der Waals surface area contributed by atoms with Crippen LogP contribution in [0.1, 0.15) is 98.3 Å². The summed E-state index contributed by atoms with van der Waals surface area (Å²) in [5.74, 6) is 1.74. The maximum absolute atomic E-state index is 12.8. The number of hydrogen-bond acceptors (Lipinski definition) is 1. The van der Waals surface area contributed by atoms with Crippen molar-refractivity contribution in [3.8, 4) is 0 Å². The molecule has 0 aromatic rings. The number of alkyl halides is 1. The van der Waals surface area contributed by atoms with Crippen LogP contribution in [-0.4, -0.2) is 29.2 Å². The van der Waals surface area contributed by atoms with Crippen molar-refractivity contribution in [2.24, 2.45) is 11.8 Å². The predicted molar refractivity (Wildman–Crippen MR) is 111 cm³/mol. The molecule has 0 fully saturated rings. The van der Waals surface area contributed by atoms with Crippen molar-refractivity contribution in [3.63, 3.8) is 0 Å². The quantitative estimate of drug-likeness (QED) is 0.204. The van der Waals surface area contributed by atoms with Gasteiger partial charge < -0.3 is 4.90 Å². The molecule has 0 aliphatic heterocycles. The first-order valence-electron chi connectivity index (χ1n) is 10.5. The Hall–Kier alpha value is -0.0500. The Morgan fingerprint density at radius 1 is 0.833 bits per heavy atom. The second-order valence-corrected chi connectivity index (χ2v) is 8.07. The first kappa shape index (κ1) is 23.9. The van der Waals surface area contributed by atoms with E-state index in [0.717, 1.165) is 37.7 Å². The lowest BCUT2D eigenvalue weighted by molar-refractivity contribution is -0.132. The summed E-state index contributed by atoms with van der Waals surface area (Å²) in [4.78, 5) is 15.0. The topological polar surface area (TPSA) is 20.3 Å². The maximum atomic E-state index is 12.8. The number of nitrogens with zero attached hydrogens (tertiary/aromatic N) is 1. The van der Waals surface area contributed by atoms with Gasteiger partial charge in [0.05, 0.1) is 0 Å². The van der Waals surface area contributed by atoms with Crippen LogP contribution in [0.3, 0.4) is 0 Å². The van der Waals surface area contributed by atoms with Crippen LogP contribution < -0.4 is 0 Å². The lowest BCUT2D eigenvalue weighted by Gasteiger charge is -2.31. The van der Waals surface area contributed by atoms with Gasteiger partial charge in [-0.1, -0.05) is 82.1 Å². The fourth-order valence-electron chi connectivity index (χ4n) is 3.26. The van der Waals surface area contributed by atoms with Crippen LogP contribution in [0.5, 0.6) is 0 Å². The summed E-state index contributed by atoms with van der Waals surface area (Å²) in [5, 5.41) is 1.00. The first-order valence-corrected chi connectivity index (χ1v) is 11.6. The van der Waals surface area contributed by atoms with E-state index < -0.39 is 0 Å². The maximum Gasteiger partial charge on any atom is 0.222 e. The highest BCUT2D eigenvalue weighted by molar-refractivity contribution is 9.09. The summed E-state index contributed by atoms with van der Waals surface area (Å²) >= 11 is 3.47.